The number of carbonyl (C=O) groups excluding carboxylic acids is 3. The maximum Gasteiger partial charge on any atom is 0.511 e. The van der Waals surface area contributed by atoms with Gasteiger partial charge in [-0.2, -0.15) is 8.78 Å². The molecule has 0 bridgehead atoms. The van der Waals surface area contributed by atoms with E-state index in [1.807, 2.05) is 15.9 Å². The number of hydrogen-bond donors (Lipinski definition) is 3. The molecule has 40 heavy (non-hydrogen) atoms. The van der Waals surface area contributed by atoms with Crippen molar-refractivity contribution >= 4 is 44.3 Å². The zero-order chi connectivity index (χ0) is 30.3. The second-order valence-corrected chi connectivity index (χ2v) is 8.24. The summed E-state index contributed by atoms with van der Waals surface area (Å²) in [5.74, 6) is -9.76. The van der Waals surface area contributed by atoms with Crippen LogP contribution in [0.4, 0.5) is 29.7 Å². The summed E-state index contributed by atoms with van der Waals surface area (Å²) < 4.78 is 44.0. The maximum atomic E-state index is 14.5. The van der Waals surface area contributed by atoms with Gasteiger partial charge in [0.15, 0.2) is 6.10 Å². The van der Waals surface area contributed by atoms with Crippen LogP contribution in [0.15, 0.2) is 48.5 Å². The van der Waals surface area contributed by atoms with Crippen molar-refractivity contribution in [3.8, 4) is 0 Å². The van der Waals surface area contributed by atoms with E-state index < -0.39 is 64.2 Å². The van der Waals surface area contributed by atoms with E-state index in [0.717, 1.165) is 36.4 Å². The molecule has 19 heteroatoms. The van der Waals surface area contributed by atoms with Crippen molar-refractivity contribution in [2.45, 2.75) is 37.3 Å². The topological polar surface area (TPSA) is 235 Å². The minimum absolute atomic E-state index is 0.0918. The third-order valence-corrected chi connectivity index (χ3v) is 5.33. The SMILES string of the molecule is O=C(OCc1ccc([N+](=O)[O-])cc1)OC(O)[C@@H](O)[C@](O)(OC(=O)OCc1ccc([N+](=O)[O-])cc1)C(F)(F)C(=O)Br. The van der Waals surface area contributed by atoms with Gasteiger partial charge in [0.05, 0.1) is 9.85 Å². The number of hydrogen-bond acceptors (Lipinski definition) is 14. The molecule has 16 nitrogen and oxygen atoms in total. The van der Waals surface area contributed by atoms with Crippen molar-refractivity contribution in [3.05, 3.63) is 79.9 Å². The molecular weight excluding hydrogens is 622 g/mol. The Morgan fingerprint density at radius 3 is 1.62 bits per heavy atom. The highest BCUT2D eigenvalue weighted by atomic mass is 79.9. The van der Waals surface area contributed by atoms with Crippen LogP contribution in [0, 0.1) is 20.2 Å². The van der Waals surface area contributed by atoms with Crippen LogP contribution < -0.4 is 0 Å². The third kappa shape index (κ3) is 7.85. The summed E-state index contributed by atoms with van der Waals surface area (Å²) in [6.07, 6.45) is -10.4. The third-order valence-electron chi connectivity index (χ3n) is 4.83. The van der Waals surface area contributed by atoms with Gasteiger partial charge in [-0.3, -0.25) is 25.0 Å². The number of nitro benzene ring substituents is 2. The van der Waals surface area contributed by atoms with Crippen LogP contribution in [-0.2, 0) is 37.0 Å². The first kappa shape index (κ1) is 31.9. The highest BCUT2D eigenvalue weighted by Gasteiger charge is 2.67. The molecule has 2 aromatic rings. The molecule has 216 valence electrons. The average molecular weight is 639 g/mol. The highest BCUT2D eigenvalue weighted by Crippen LogP contribution is 2.37. The molecule has 0 heterocycles. The minimum Gasteiger partial charge on any atom is -0.429 e. The Kier molecular flexibility index (Phi) is 10.5. The molecule has 0 aliphatic heterocycles. The van der Waals surface area contributed by atoms with Crippen molar-refractivity contribution in [3.63, 3.8) is 0 Å². The molecule has 0 saturated carbocycles. The van der Waals surface area contributed by atoms with Gasteiger partial charge in [-0.1, -0.05) is 0 Å². The number of ether oxygens (including phenoxy) is 4. The van der Waals surface area contributed by atoms with E-state index in [2.05, 4.69) is 18.9 Å². The van der Waals surface area contributed by atoms with Gasteiger partial charge in [0, 0.05) is 24.3 Å². The fourth-order valence-electron chi connectivity index (χ4n) is 2.71. The summed E-state index contributed by atoms with van der Waals surface area (Å²) in [7, 11) is 0. The summed E-state index contributed by atoms with van der Waals surface area (Å²) >= 11 is 1.85. The van der Waals surface area contributed by atoms with Crippen LogP contribution in [-0.4, -0.2) is 66.3 Å². The van der Waals surface area contributed by atoms with E-state index in [-0.39, 0.29) is 22.5 Å². The fourth-order valence-corrected chi connectivity index (χ4v) is 2.99. The Morgan fingerprint density at radius 1 is 0.850 bits per heavy atom. The molecule has 3 atom stereocenters. The summed E-state index contributed by atoms with van der Waals surface area (Å²) in [6, 6.07) is 8.82. The van der Waals surface area contributed by atoms with E-state index >= 15 is 0 Å². The second kappa shape index (κ2) is 13.2. The number of halogens is 3. The molecular formula is C21H17BrF2N2O14. The Balaban J connectivity index is 2.07. The number of aliphatic hydroxyl groups is 3. The van der Waals surface area contributed by atoms with Gasteiger partial charge >= 0.3 is 24.0 Å². The van der Waals surface area contributed by atoms with E-state index in [4.69, 9.17) is 0 Å². The first-order valence-corrected chi connectivity index (χ1v) is 11.2. The molecule has 0 amide bonds. The number of alkyl halides is 2. The van der Waals surface area contributed by atoms with E-state index in [1.54, 1.807) is 0 Å². The number of nitro groups is 2. The fraction of sp³-hybridized carbons (Fsp3) is 0.286. The van der Waals surface area contributed by atoms with Gasteiger partial charge in [0.1, 0.15) is 13.2 Å². The van der Waals surface area contributed by atoms with Crippen LogP contribution in [0.5, 0.6) is 0 Å². The van der Waals surface area contributed by atoms with Gasteiger partial charge in [-0.25, -0.2) is 9.59 Å². The van der Waals surface area contributed by atoms with Crippen molar-refractivity contribution in [2.75, 3.05) is 0 Å². The molecule has 1 unspecified atom stereocenters. The van der Waals surface area contributed by atoms with Crippen molar-refractivity contribution < 1.29 is 67.3 Å². The zero-order valence-corrected chi connectivity index (χ0v) is 21.1. The lowest BCUT2D eigenvalue weighted by Crippen LogP contribution is -2.65. The van der Waals surface area contributed by atoms with Crippen LogP contribution >= 0.6 is 15.9 Å². The number of benzene rings is 2. The molecule has 0 aliphatic rings. The van der Waals surface area contributed by atoms with Crippen LogP contribution in [0.1, 0.15) is 11.1 Å². The van der Waals surface area contributed by atoms with Gasteiger partial charge in [0.2, 0.25) is 6.29 Å². The Hall–Kier alpha value is -4.33. The smallest absolute Gasteiger partial charge is 0.429 e. The Morgan fingerprint density at radius 2 is 1.25 bits per heavy atom. The van der Waals surface area contributed by atoms with E-state index in [9.17, 15) is 58.7 Å². The molecule has 2 rings (SSSR count). The van der Waals surface area contributed by atoms with Crippen molar-refractivity contribution in [1.82, 2.24) is 0 Å². The second-order valence-electron chi connectivity index (χ2n) is 7.52. The Bertz CT molecular complexity index is 1260. The molecule has 0 spiro atoms. The first-order chi connectivity index (χ1) is 18.6. The molecule has 3 N–H and O–H groups in total. The minimum atomic E-state index is -5.17. The van der Waals surface area contributed by atoms with Crippen molar-refractivity contribution in [1.29, 1.82) is 0 Å². The van der Waals surface area contributed by atoms with Crippen LogP contribution in [0.25, 0.3) is 0 Å². The lowest BCUT2D eigenvalue weighted by Gasteiger charge is -2.36. The normalized spacial score (nSPS) is 14.2. The summed E-state index contributed by atoms with van der Waals surface area (Å²) in [6.45, 7) is -1.35. The van der Waals surface area contributed by atoms with Crippen LogP contribution in [0.2, 0.25) is 0 Å². The van der Waals surface area contributed by atoms with Crippen LogP contribution in [0.3, 0.4) is 0 Å². The summed E-state index contributed by atoms with van der Waals surface area (Å²) in [4.78, 5) is 55.1. The summed E-state index contributed by atoms with van der Waals surface area (Å²) in [5.41, 5.74) is -0.323. The monoisotopic (exact) mass is 638 g/mol. The van der Waals surface area contributed by atoms with Gasteiger partial charge < -0.3 is 34.3 Å². The quantitative estimate of drug-likeness (QED) is 0.0995. The zero-order valence-electron chi connectivity index (χ0n) is 19.5. The van der Waals surface area contributed by atoms with E-state index in [0.29, 0.717) is 0 Å². The number of rotatable bonds is 12. The standard InChI is InChI=1S/C21H17BrF2N2O14/c22-17(29)20(23,24)21(32,40-19(31)38-10-12-3-7-14(8-4-12)26(35)36)15(27)16(28)39-18(30)37-9-11-1-5-13(6-2-11)25(33)34/h1-8,15-16,27-28,32H,9-10H2/t15-,16?,21+/m1/s1. The van der Waals surface area contributed by atoms with Gasteiger partial charge in [-0.15, -0.1) is 0 Å². The molecule has 2 aromatic carbocycles. The van der Waals surface area contributed by atoms with Gasteiger partial charge in [-0.05, 0) is 51.3 Å². The van der Waals surface area contributed by atoms with E-state index in [1.165, 1.54) is 12.1 Å². The molecule has 0 fully saturated rings. The molecule has 0 radical (unpaired) electrons. The maximum absolute atomic E-state index is 14.5. The Labute approximate surface area is 229 Å². The van der Waals surface area contributed by atoms with Crippen molar-refractivity contribution in [2.24, 2.45) is 0 Å². The van der Waals surface area contributed by atoms with Gasteiger partial charge in [0.25, 0.3) is 16.1 Å². The lowest BCUT2D eigenvalue weighted by molar-refractivity contribution is -0.385. The predicted octanol–water partition coefficient (Wildman–Crippen LogP) is 2.43. The highest BCUT2D eigenvalue weighted by molar-refractivity contribution is 9.18. The largest absolute Gasteiger partial charge is 0.511 e. The summed E-state index contributed by atoms with van der Waals surface area (Å²) in [5, 5.41) is 51.6. The number of nitrogens with zero attached hydrogens (tertiary/aromatic N) is 2. The average Bonchev–Trinajstić information content (AvgIpc) is 2.90. The molecule has 0 aromatic heterocycles. The lowest BCUT2D eigenvalue weighted by atomic mass is 10.0. The number of carbonyl (C=O) groups is 3. The molecule has 0 saturated heterocycles. The number of non-ortho nitro benzene ring substituents is 2. The number of aliphatic hydroxyl groups excluding tert-OH is 2. The first-order valence-electron chi connectivity index (χ1n) is 10.4. The molecule has 0 aliphatic carbocycles. The predicted molar refractivity (Wildman–Crippen MR) is 125 cm³/mol.